The topological polar surface area (TPSA) is 41.5 Å². The maximum atomic E-state index is 8.42. The van der Waals surface area contributed by atoms with Crippen LogP contribution in [0.2, 0.25) is 0 Å². The van der Waals surface area contributed by atoms with Crippen LogP contribution in [0.5, 0.6) is 0 Å². The second-order valence-corrected chi connectivity index (χ2v) is 2.11. The first-order chi connectivity index (χ1) is 4.91. The molecule has 3 heteroatoms. The first-order valence-corrected chi connectivity index (χ1v) is 3.87. The van der Waals surface area contributed by atoms with Gasteiger partial charge in [0.1, 0.15) is 0 Å². The van der Waals surface area contributed by atoms with E-state index < -0.39 is 0 Å². The van der Waals surface area contributed by atoms with Crippen LogP contribution in [-0.4, -0.2) is 24.9 Å². The van der Waals surface area contributed by atoms with Crippen LogP contribution >= 0.6 is 0 Å². The number of rotatable bonds is 7. The molecule has 0 aromatic heterocycles. The summed E-state index contributed by atoms with van der Waals surface area (Å²) in [6.07, 6.45) is 3.03. The lowest BCUT2D eigenvalue weighted by Gasteiger charge is -2.01. The molecule has 2 N–H and O–H groups in total. The summed E-state index contributed by atoms with van der Waals surface area (Å²) < 4.78 is 0. The van der Waals surface area contributed by atoms with Gasteiger partial charge in [0.05, 0.1) is 6.61 Å². The molecule has 0 heterocycles. The Bertz CT molecular complexity index is 51.6. The average molecular weight is 147 g/mol. The molecule has 0 radical (unpaired) electrons. The molecule has 0 spiro atoms. The molecule has 0 aliphatic heterocycles. The Morgan fingerprint density at radius 3 is 2.70 bits per heavy atom. The summed E-state index contributed by atoms with van der Waals surface area (Å²) in [5.41, 5.74) is 2.81. The van der Waals surface area contributed by atoms with Crippen molar-refractivity contribution in [2.75, 3.05) is 19.8 Å². The molecular formula is C7H17NO2. The van der Waals surface area contributed by atoms with E-state index >= 15 is 0 Å². The van der Waals surface area contributed by atoms with Crippen molar-refractivity contribution in [3.63, 3.8) is 0 Å². The molecule has 3 nitrogen and oxygen atoms in total. The van der Waals surface area contributed by atoms with E-state index in [2.05, 4.69) is 5.48 Å². The second kappa shape index (κ2) is 8.88. The van der Waals surface area contributed by atoms with Gasteiger partial charge in [0.15, 0.2) is 0 Å². The van der Waals surface area contributed by atoms with E-state index in [-0.39, 0.29) is 0 Å². The lowest BCUT2D eigenvalue weighted by atomic mass is 10.2. The van der Waals surface area contributed by atoms with E-state index in [4.69, 9.17) is 9.94 Å². The highest BCUT2D eigenvalue weighted by atomic mass is 16.6. The van der Waals surface area contributed by atoms with E-state index in [0.29, 0.717) is 13.2 Å². The molecule has 0 aliphatic rings. The summed E-state index contributed by atoms with van der Waals surface area (Å²) in [6, 6.07) is 0. The van der Waals surface area contributed by atoms with E-state index in [1.807, 2.05) is 6.92 Å². The molecule has 10 heavy (non-hydrogen) atoms. The third-order valence-corrected chi connectivity index (χ3v) is 1.18. The Hall–Kier alpha value is -0.120. The quantitative estimate of drug-likeness (QED) is 0.411. The van der Waals surface area contributed by atoms with Gasteiger partial charge in [0.2, 0.25) is 0 Å². The van der Waals surface area contributed by atoms with Crippen LogP contribution in [0.1, 0.15) is 26.2 Å². The van der Waals surface area contributed by atoms with Gasteiger partial charge in [-0.05, 0) is 26.2 Å². The summed E-state index contributed by atoms with van der Waals surface area (Å²) in [5.74, 6) is 0. The number of unbranched alkanes of at least 4 members (excludes halogenated alkanes) is 2. The van der Waals surface area contributed by atoms with Crippen LogP contribution in [0.15, 0.2) is 0 Å². The fourth-order valence-electron chi connectivity index (χ4n) is 0.660. The zero-order valence-electron chi connectivity index (χ0n) is 6.60. The first-order valence-electron chi connectivity index (χ1n) is 3.87. The number of aliphatic hydroxyl groups is 1. The van der Waals surface area contributed by atoms with Crippen molar-refractivity contribution in [1.82, 2.24) is 5.48 Å². The van der Waals surface area contributed by atoms with E-state index in [0.717, 1.165) is 25.8 Å². The maximum Gasteiger partial charge on any atom is 0.0653 e. The highest BCUT2D eigenvalue weighted by Gasteiger charge is 1.86. The largest absolute Gasteiger partial charge is 0.396 e. The van der Waals surface area contributed by atoms with Crippen molar-refractivity contribution in [3.8, 4) is 0 Å². The van der Waals surface area contributed by atoms with Crippen LogP contribution < -0.4 is 5.48 Å². The molecule has 0 aromatic rings. The van der Waals surface area contributed by atoms with Crippen molar-refractivity contribution >= 4 is 0 Å². The number of hydroxylamine groups is 1. The van der Waals surface area contributed by atoms with Crippen LogP contribution in [0.25, 0.3) is 0 Å². The molecule has 0 atom stereocenters. The van der Waals surface area contributed by atoms with Crippen molar-refractivity contribution < 1.29 is 9.94 Å². The molecule has 0 saturated carbocycles. The number of aliphatic hydroxyl groups excluding tert-OH is 1. The molecule has 0 aromatic carbocycles. The smallest absolute Gasteiger partial charge is 0.0653 e. The third-order valence-electron chi connectivity index (χ3n) is 1.18. The normalized spacial score (nSPS) is 10.2. The molecular weight excluding hydrogens is 130 g/mol. The predicted octanol–water partition coefficient (Wildman–Crippen LogP) is 0.690. The Morgan fingerprint density at radius 2 is 2.10 bits per heavy atom. The van der Waals surface area contributed by atoms with E-state index in [1.54, 1.807) is 0 Å². The van der Waals surface area contributed by atoms with Gasteiger partial charge < -0.3 is 9.94 Å². The minimum Gasteiger partial charge on any atom is -0.396 e. The first kappa shape index (κ1) is 9.88. The van der Waals surface area contributed by atoms with Crippen LogP contribution in [0, 0.1) is 0 Å². The van der Waals surface area contributed by atoms with Gasteiger partial charge in [-0.3, -0.25) is 0 Å². The third kappa shape index (κ3) is 7.88. The van der Waals surface area contributed by atoms with Crippen LogP contribution in [-0.2, 0) is 4.84 Å². The Kier molecular flexibility index (Phi) is 8.77. The number of nitrogens with one attached hydrogen (secondary N) is 1. The zero-order chi connectivity index (χ0) is 7.66. The standard InChI is InChI=1S/C7H17NO2/c1-2-10-8-6-4-3-5-7-9/h8-9H,2-7H2,1H3. The summed E-state index contributed by atoms with van der Waals surface area (Å²) in [7, 11) is 0. The molecule has 0 unspecified atom stereocenters. The SMILES string of the molecule is CCONCCCCCO. The molecule has 0 amide bonds. The fraction of sp³-hybridized carbons (Fsp3) is 1.00. The van der Waals surface area contributed by atoms with Gasteiger partial charge in [-0.25, -0.2) is 5.48 Å². The highest BCUT2D eigenvalue weighted by molar-refractivity contribution is 4.40. The van der Waals surface area contributed by atoms with E-state index in [1.165, 1.54) is 0 Å². The van der Waals surface area contributed by atoms with Crippen molar-refractivity contribution in [2.45, 2.75) is 26.2 Å². The minimum atomic E-state index is 0.300. The molecule has 62 valence electrons. The summed E-state index contributed by atoms with van der Waals surface area (Å²) in [4.78, 5) is 4.90. The van der Waals surface area contributed by atoms with Crippen molar-refractivity contribution in [1.29, 1.82) is 0 Å². The monoisotopic (exact) mass is 147 g/mol. The molecule has 0 aliphatic carbocycles. The highest BCUT2D eigenvalue weighted by Crippen LogP contribution is 1.91. The van der Waals surface area contributed by atoms with Gasteiger partial charge in [-0.1, -0.05) is 0 Å². The van der Waals surface area contributed by atoms with Crippen molar-refractivity contribution in [2.24, 2.45) is 0 Å². The molecule has 0 rings (SSSR count). The second-order valence-electron chi connectivity index (χ2n) is 2.11. The van der Waals surface area contributed by atoms with Gasteiger partial charge in [-0.15, -0.1) is 0 Å². The zero-order valence-corrected chi connectivity index (χ0v) is 6.60. The number of hydrogen-bond acceptors (Lipinski definition) is 3. The Morgan fingerprint density at radius 1 is 1.30 bits per heavy atom. The summed E-state index contributed by atoms with van der Waals surface area (Å²) in [6.45, 7) is 3.84. The van der Waals surface area contributed by atoms with Crippen molar-refractivity contribution in [3.05, 3.63) is 0 Å². The molecule has 0 saturated heterocycles. The summed E-state index contributed by atoms with van der Waals surface area (Å²) in [5, 5.41) is 8.42. The fourth-order valence-corrected chi connectivity index (χ4v) is 0.660. The van der Waals surface area contributed by atoms with Gasteiger partial charge in [0.25, 0.3) is 0 Å². The lowest BCUT2D eigenvalue weighted by Crippen LogP contribution is -2.15. The lowest BCUT2D eigenvalue weighted by molar-refractivity contribution is 0.0498. The van der Waals surface area contributed by atoms with Gasteiger partial charge in [-0.2, -0.15) is 0 Å². The van der Waals surface area contributed by atoms with E-state index in [9.17, 15) is 0 Å². The molecule has 0 fully saturated rings. The Labute approximate surface area is 62.3 Å². The van der Waals surface area contributed by atoms with Gasteiger partial charge >= 0.3 is 0 Å². The maximum absolute atomic E-state index is 8.42. The summed E-state index contributed by atoms with van der Waals surface area (Å²) >= 11 is 0. The van der Waals surface area contributed by atoms with Gasteiger partial charge in [0, 0.05) is 13.2 Å². The van der Waals surface area contributed by atoms with Crippen LogP contribution in [0.4, 0.5) is 0 Å². The average Bonchev–Trinajstić information content (AvgIpc) is 1.97. The number of hydrogen-bond donors (Lipinski definition) is 2. The molecule has 0 bridgehead atoms. The minimum absolute atomic E-state index is 0.300. The predicted molar refractivity (Wildman–Crippen MR) is 40.6 cm³/mol. The Balaban J connectivity index is 2.65. The van der Waals surface area contributed by atoms with Crippen LogP contribution in [0.3, 0.4) is 0 Å².